The third-order valence-electron chi connectivity index (χ3n) is 4.59. The van der Waals surface area contributed by atoms with E-state index in [1.807, 2.05) is 6.07 Å². The number of aryl methyl sites for hydroxylation is 1. The van der Waals surface area contributed by atoms with Gasteiger partial charge in [0.05, 0.1) is 5.39 Å². The lowest BCUT2D eigenvalue weighted by Crippen LogP contribution is -2.33. The van der Waals surface area contributed by atoms with Gasteiger partial charge in [0.1, 0.15) is 12.9 Å². The molecule has 0 bridgehead atoms. The van der Waals surface area contributed by atoms with Gasteiger partial charge in [0.25, 0.3) is 5.56 Å². The van der Waals surface area contributed by atoms with Crippen molar-refractivity contribution in [2.75, 3.05) is 20.3 Å². The maximum absolute atomic E-state index is 12.7. The van der Waals surface area contributed by atoms with Crippen LogP contribution in [0, 0.1) is 5.92 Å². The SMILES string of the molecule is COCCCNC(=O)Cn1cnc2nc3c(cc2c1=O)C[C@H](C)CC3. The van der Waals surface area contributed by atoms with E-state index in [2.05, 4.69) is 22.2 Å². The van der Waals surface area contributed by atoms with Crippen molar-refractivity contribution in [1.82, 2.24) is 19.9 Å². The summed E-state index contributed by atoms with van der Waals surface area (Å²) in [6.07, 6.45) is 5.13. The van der Waals surface area contributed by atoms with Gasteiger partial charge in [-0.05, 0) is 43.2 Å². The number of nitrogens with one attached hydrogen (secondary N) is 1. The monoisotopic (exact) mass is 344 g/mol. The Morgan fingerprint density at radius 1 is 1.48 bits per heavy atom. The minimum atomic E-state index is -0.217. The molecule has 0 aliphatic heterocycles. The highest BCUT2D eigenvalue weighted by Crippen LogP contribution is 2.25. The van der Waals surface area contributed by atoms with E-state index in [4.69, 9.17) is 4.74 Å². The molecule has 3 rings (SSSR count). The van der Waals surface area contributed by atoms with Gasteiger partial charge in [0.2, 0.25) is 5.91 Å². The number of hydrogen-bond donors (Lipinski definition) is 1. The van der Waals surface area contributed by atoms with E-state index in [1.54, 1.807) is 7.11 Å². The number of carbonyl (C=O) groups is 1. The highest BCUT2D eigenvalue weighted by Gasteiger charge is 2.19. The molecule has 0 saturated heterocycles. The fraction of sp³-hybridized carbons (Fsp3) is 0.556. The Labute approximate surface area is 146 Å². The number of fused-ring (bicyclic) bond motifs is 2. The summed E-state index contributed by atoms with van der Waals surface area (Å²) in [5.74, 6) is 0.391. The van der Waals surface area contributed by atoms with Crippen molar-refractivity contribution in [3.8, 4) is 0 Å². The molecular formula is C18H24N4O3. The number of nitrogens with zero attached hydrogens (tertiary/aromatic N) is 3. The van der Waals surface area contributed by atoms with E-state index in [0.717, 1.165) is 36.9 Å². The number of amides is 1. The molecule has 7 nitrogen and oxygen atoms in total. The molecule has 7 heteroatoms. The zero-order valence-electron chi connectivity index (χ0n) is 14.7. The van der Waals surface area contributed by atoms with Crippen LogP contribution in [0.4, 0.5) is 0 Å². The van der Waals surface area contributed by atoms with Crippen LogP contribution in [0.2, 0.25) is 0 Å². The second-order valence-electron chi connectivity index (χ2n) is 6.69. The zero-order valence-corrected chi connectivity index (χ0v) is 14.7. The lowest BCUT2D eigenvalue weighted by molar-refractivity contribution is -0.121. The van der Waals surface area contributed by atoms with E-state index >= 15 is 0 Å². The van der Waals surface area contributed by atoms with Crippen molar-refractivity contribution >= 4 is 16.9 Å². The standard InChI is InChI=1S/C18H24N4O3/c1-12-4-5-15-13(8-12)9-14-17(21-15)20-11-22(18(14)24)10-16(23)19-6-3-7-25-2/h9,11-12H,3-8,10H2,1-2H3,(H,19,23)/t12-/m1/s1. The van der Waals surface area contributed by atoms with Crippen LogP contribution in [0.1, 0.15) is 31.0 Å². The first kappa shape index (κ1) is 17.5. The van der Waals surface area contributed by atoms with E-state index in [1.165, 1.54) is 10.9 Å². The Kier molecular flexibility index (Phi) is 5.43. The average molecular weight is 344 g/mol. The number of carbonyl (C=O) groups excluding carboxylic acids is 1. The fourth-order valence-corrected chi connectivity index (χ4v) is 3.19. The minimum absolute atomic E-state index is 0.0394. The molecule has 25 heavy (non-hydrogen) atoms. The number of pyridine rings is 1. The third-order valence-corrected chi connectivity index (χ3v) is 4.59. The van der Waals surface area contributed by atoms with Crippen LogP contribution in [0.15, 0.2) is 17.2 Å². The number of rotatable bonds is 6. The van der Waals surface area contributed by atoms with Crippen LogP contribution in [-0.4, -0.2) is 40.7 Å². The van der Waals surface area contributed by atoms with E-state index in [-0.39, 0.29) is 18.0 Å². The predicted octanol–water partition coefficient (Wildman–Crippen LogP) is 1.07. The summed E-state index contributed by atoms with van der Waals surface area (Å²) in [6.45, 7) is 3.28. The van der Waals surface area contributed by atoms with Crippen LogP contribution in [0.25, 0.3) is 11.0 Å². The molecule has 1 N–H and O–H groups in total. The van der Waals surface area contributed by atoms with Gasteiger partial charge in [0.15, 0.2) is 5.65 Å². The number of ether oxygens (including phenoxy) is 1. The van der Waals surface area contributed by atoms with Gasteiger partial charge in [-0.3, -0.25) is 14.2 Å². The summed E-state index contributed by atoms with van der Waals surface area (Å²) in [5.41, 5.74) is 2.43. The van der Waals surface area contributed by atoms with Gasteiger partial charge in [-0.25, -0.2) is 9.97 Å². The normalized spacial score (nSPS) is 16.6. The van der Waals surface area contributed by atoms with E-state index in [0.29, 0.717) is 30.1 Å². The van der Waals surface area contributed by atoms with Crippen LogP contribution < -0.4 is 10.9 Å². The lowest BCUT2D eigenvalue weighted by Gasteiger charge is -2.20. The van der Waals surface area contributed by atoms with Crippen LogP contribution in [-0.2, 0) is 28.9 Å². The summed E-state index contributed by atoms with van der Waals surface area (Å²) < 4.78 is 6.28. The highest BCUT2D eigenvalue weighted by atomic mass is 16.5. The predicted molar refractivity (Wildman–Crippen MR) is 94.5 cm³/mol. The molecule has 2 heterocycles. The molecule has 0 radical (unpaired) electrons. The Bertz CT molecular complexity index is 831. The summed E-state index contributed by atoms with van der Waals surface area (Å²) in [7, 11) is 1.62. The van der Waals surface area contributed by atoms with Gasteiger partial charge in [-0.2, -0.15) is 0 Å². The lowest BCUT2D eigenvalue weighted by atomic mass is 9.87. The molecule has 0 spiro atoms. The van der Waals surface area contributed by atoms with Crippen molar-refractivity contribution in [2.24, 2.45) is 5.92 Å². The van der Waals surface area contributed by atoms with Crippen molar-refractivity contribution in [2.45, 2.75) is 39.2 Å². The summed E-state index contributed by atoms with van der Waals surface area (Å²) in [6, 6.07) is 1.91. The Hall–Kier alpha value is -2.28. The first-order valence-corrected chi connectivity index (χ1v) is 8.72. The molecule has 1 amide bonds. The molecular weight excluding hydrogens is 320 g/mol. The molecule has 2 aromatic heterocycles. The largest absolute Gasteiger partial charge is 0.385 e. The van der Waals surface area contributed by atoms with Gasteiger partial charge in [-0.15, -0.1) is 0 Å². The molecule has 0 fully saturated rings. The van der Waals surface area contributed by atoms with E-state index < -0.39 is 0 Å². The number of aromatic nitrogens is 3. The summed E-state index contributed by atoms with van der Waals surface area (Å²) in [4.78, 5) is 33.5. The molecule has 0 saturated carbocycles. The van der Waals surface area contributed by atoms with E-state index in [9.17, 15) is 9.59 Å². The van der Waals surface area contributed by atoms with Crippen molar-refractivity contribution < 1.29 is 9.53 Å². The third kappa shape index (κ3) is 4.04. The van der Waals surface area contributed by atoms with Crippen molar-refractivity contribution in [3.05, 3.63) is 34.0 Å². The maximum Gasteiger partial charge on any atom is 0.263 e. The number of methoxy groups -OCH3 is 1. The fourth-order valence-electron chi connectivity index (χ4n) is 3.19. The Morgan fingerprint density at radius 2 is 2.32 bits per heavy atom. The molecule has 0 unspecified atom stereocenters. The van der Waals surface area contributed by atoms with Gasteiger partial charge >= 0.3 is 0 Å². The topological polar surface area (TPSA) is 86.1 Å². The molecule has 1 aliphatic rings. The van der Waals surface area contributed by atoms with Gasteiger partial charge < -0.3 is 10.1 Å². The van der Waals surface area contributed by atoms with Crippen LogP contribution >= 0.6 is 0 Å². The summed E-state index contributed by atoms with van der Waals surface area (Å²) >= 11 is 0. The highest BCUT2D eigenvalue weighted by molar-refractivity contribution is 5.77. The molecule has 1 aliphatic carbocycles. The first-order valence-electron chi connectivity index (χ1n) is 8.72. The van der Waals surface area contributed by atoms with Crippen molar-refractivity contribution in [1.29, 1.82) is 0 Å². The minimum Gasteiger partial charge on any atom is -0.385 e. The smallest absolute Gasteiger partial charge is 0.263 e. The Morgan fingerprint density at radius 3 is 3.12 bits per heavy atom. The van der Waals surface area contributed by atoms with Crippen LogP contribution in [0.3, 0.4) is 0 Å². The van der Waals surface area contributed by atoms with Gasteiger partial charge in [0, 0.05) is 26.0 Å². The van der Waals surface area contributed by atoms with Crippen molar-refractivity contribution in [3.63, 3.8) is 0 Å². The molecule has 2 aromatic rings. The molecule has 1 atom stereocenters. The van der Waals surface area contributed by atoms with Crippen LogP contribution in [0.5, 0.6) is 0 Å². The first-order chi connectivity index (χ1) is 12.1. The second-order valence-corrected chi connectivity index (χ2v) is 6.69. The summed E-state index contributed by atoms with van der Waals surface area (Å²) in [5, 5.41) is 3.26. The molecule has 134 valence electrons. The maximum atomic E-state index is 12.7. The quantitative estimate of drug-likeness (QED) is 0.792. The average Bonchev–Trinajstić information content (AvgIpc) is 2.60. The molecule has 0 aromatic carbocycles. The zero-order chi connectivity index (χ0) is 17.8. The second kappa shape index (κ2) is 7.74. The Balaban J connectivity index is 1.80. The van der Waals surface area contributed by atoms with Gasteiger partial charge in [-0.1, -0.05) is 6.92 Å². The number of hydrogen-bond acceptors (Lipinski definition) is 5.